The Labute approximate surface area is 274 Å². The molecule has 10 heteroatoms. The number of carbonyl (C=O) groups excluding carboxylic acids is 2. The molecule has 1 aliphatic rings. The number of methoxy groups -OCH3 is 1. The predicted octanol–water partition coefficient (Wildman–Crippen LogP) is 5.50. The van der Waals surface area contributed by atoms with Crippen molar-refractivity contribution in [3.63, 3.8) is 0 Å². The van der Waals surface area contributed by atoms with Crippen molar-refractivity contribution in [2.45, 2.75) is 19.9 Å². The SMILES string of the molecule is CCOc1ccc([C@@H]2C(C(=O)Nc3ccccc3)=C(C)N=c3s/c(=C\c4ccc(OC(=O)c5ccc(OC)cc5)cc4)c(=O)n32)cc1. The molecule has 9 nitrogen and oxygen atoms in total. The molecule has 4 aromatic carbocycles. The van der Waals surface area contributed by atoms with E-state index in [1.807, 2.05) is 49.4 Å². The third-order valence-electron chi connectivity index (χ3n) is 7.52. The highest BCUT2D eigenvalue weighted by molar-refractivity contribution is 7.07. The molecule has 0 bridgehead atoms. The molecule has 0 saturated heterocycles. The van der Waals surface area contributed by atoms with Gasteiger partial charge in [0.05, 0.1) is 41.1 Å². The highest BCUT2D eigenvalue weighted by Gasteiger charge is 2.32. The van der Waals surface area contributed by atoms with Crippen LogP contribution >= 0.6 is 11.3 Å². The molecule has 1 atom stereocenters. The number of aromatic nitrogens is 1. The topological polar surface area (TPSA) is 108 Å². The summed E-state index contributed by atoms with van der Waals surface area (Å²) in [5.41, 5.74) is 3.13. The van der Waals surface area contributed by atoms with Crippen molar-refractivity contribution in [1.29, 1.82) is 0 Å². The number of hydrogen-bond acceptors (Lipinski definition) is 8. The third kappa shape index (κ3) is 6.78. The summed E-state index contributed by atoms with van der Waals surface area (Å²) in [4.78, 5) is 45.6. The highest BCUT2D eigenvalue weighted by atomic mass is 32.1. The number of amides is 1. The zero-order valence-electron chi connectivity index (χ0n) is 25.9. The summed E-state index contributed by atoms with van der Waals surface area (Å²) in [5, 5.41) is 2.96. The number of rotatable bonds is 9. The number of nitrogens with one attached hydrogen (secondary N) is 1. The molecule has 0 saturated carbocycles. The summed E-state index contributed by atoms with van der Waals surface area (Å²) < 4.78 is 18.3. The van der Waals surface area contributed by atoms with Crippen LogP contribution in [0.2, 0.25) is 0 Å². The summed E-state index contributed by atoms with van der Waals surface area (Å²) in [6.07, 6.45) is 1.76. The Morgan fingerprint density at radius 2 is 1.55 bits per heavy atom. The number of carbonyl (C=O) groups is 2. The maximum atomic E-state index is 14.0. The lowest BCUT2D eigenvalue weighted by atomic mass is 9.95. The molecule has 1 N–H and O–H groups in total. The van der Waals surface area contributed by atoms with Gasteiger partial charge in [-0.3, -0.25) is 14.2 Å². The van der Waals surface area contributed by atoms with Gasteiger partial charge in [-0.2, -0.15) is 0 Å². The maximum absolute atomic E-state index is 14.0. The van der Waals surface area contributed by atoms with Crippen LogP contribution in [-0.2, 0) is 4.79 Å². The summed E-state index contributed by atoms with van der Waals surface area (Å²) in [7, 11) is 1.56. The fraction of sp³-hybridized carbons (Fsp3) is 0.135. The number of hydrogen-bond donors (Lipinski definition) is 1. The van der Waals surface area contributed by atoms with Crippen molar-refractivity contribution in [2.75, 3.05) is 19.0 Å². The zero-order valence-corrected chi connectivity index (χ0v) is 26.7. The van der Waals surface area contributed by atoms with E-state index in [4.69, 9.17) is 19.2 Å². The molecule has 0 radical (unpaired) electrons. The van der Waals surface area contributed by atoms with Crippen LogP contribution in [0.1, 0.15) is 41.4 Å². The van der Waals surface area contributed by atoms with Crippen molar-refractivity contribution in [2.24, 2.45) is 4.99 Å². The minimum absolute atomic E-state index is 0.278. The Morgan fingerprint density at radius 3 is 2.21 bits per heavy atom. The second-order valence-electron chi connectivity index (χ2n) is 10.6. The second kappa shape index (κ2) is 13.7. The molecule has 0 aliphatic carbocycles. The minimum atomic E-state index is -0.715. The first-order chi connectivity index (χ1) is 22.8. The Morgan fingerprint density at radius 1 is 0.894 bits per heavy atom. The number of fused-ring (bicyclic) bond motifs is 1. The van der Waals surface area contributed by atoms with Gasteiger partial charge in [0, 0.05) is 5.69 Å². The quantitative estimate of drug-likeness (QED) is 0.168. The number of esters is 1. The van der Waals surface area contributed by atoms with Gasteiger partial charge >= 0.3 is 5.97 Å². The molecule has 1 aliphatic heterocycles. The summed E-state index contributed by atoms with van der Waals surface area (Å²) >= 11 is 1.25. The molecule has 47 heavy (non-hydrogen) atoms. The standard InChI is InChI=1S/C37H31N3O6S/c1-4-45-29-20-12-25(13-21-29)33-32(34(41)39-27-8-6-5-7-9-27)23(2)38-37-40(33)35(42)31(47-37)22-24-10-16-30(17-11-24)46-36(43)26-14-18-28(44-3)19-15-26/h5-22,33H,4H2,1-3H3,(H,39,41)/b31-22-/t33-/m1/s1. The first kappa shape index (κ1) is 31.3. The van der Waals surface area contributed by atoms with Crippen molar-refractivity contribution < 1.29 is 23.8 Å². The van der Waals surface area contributed by atoms with E-state index < -0.39 is 12.0 Å². The van der Waals surface area contributed by atoms with E-state index in [2.05, 4.69) is 5.32 Å². The van der Waals surface area contributed by atoms with E-state index in [0.717, 1.165) is 11.1 Å². The number of anilines is 1. The van der Waals surface area contributed by atoms with E-state index in [1.165, 1.54) is 11.3 Å². The molecule has 236 valence electrons. The molecular formula is C37H31N3O6S. The average Bonchev–Trinajstić information content (AvgIpc) is 3.39. The van der Waals surface area contributed by atoms with Crippen LogP contribution in [-0.4, -0.2) is 30.2 Å². The molecule has 1 amide bonds. The van der Waals surface area contributed by atoms with E-state index >= 15 is 0 Å². The van der Waals surface area contributed by atoms with Gasteiger partial charge in [0.2, 0.25) is 0 Å². The Balaban J connectivity index is 1.33. The molecule has 6 rings (SSSR count). The number of para-hydroxylation sites is 1. The maximum Gasteiger partial charge on any atom is 0.343 e. The fourth-order valence-corrected chi connectivity index (χ4v) is 6.28. The second-order valence-corrected chi connectivity index (χ2v) is 11.6. The number of ether oxygens (including phenoxy) is 3. The van der Waals surface area contributed by atoms with Gasteiger partial charge in [0.1, 0.15) is 17.2 Å². The number of benzene rings is 4. The van der Waals surface area contributed by atoms with Crippen LogP contribution in [0.4, 0.5) is 5.69 Å². The van der Waals surface area contributed by atoms with Gasteiger partial charge in [0.15, 0.2) is 4.80 Å². The Hall–Kier alpha value is -5.74. The van der Waals surface area contributed by atoms with Crippen LogP contribution in [0.25, 0.3) is 6.08 Å². The average molecular weight is 646 g/mol. The van der Waals surface area contributed by atoms with Gasteiger partial charge in [-0.15, -0.1) is 0 Å². The van der Waals surface area contributed by atoms with E-state index in [-0.39, 0.29) is 11.5 Å². The lowest BCUT2D eigenvalue weighted by Gasteiger charge is -2.25. The summed E-state index contributed by atoms with van der Waals surface area (Å²) in [5.74, 6) is 0.863. The minimum Gasteiger partial charge on any atom is -0.497 e. The summed E-state index contributed by atoms with van der Waals surface area (Å²) in [6.45, 7) is 4.21. The molecule has 0 spiro atoms. The Bertz CT molecular complexity index is 2130. The van der Waals surface area contributed by atoms with Crippen LogP contribution in [0, 0.1) is 0 Å². The first-order valence-electron chi connectivity index (χ1n) is 14.9. The smallest absolute Gasteiger partial charge is 0.343 e. The molecule has 5 aromatic rings. The monoisotopic (exact) mass is 645 g/mol. The van der Waals surface area contributed by atoms with Crippen LogP contribution in [0.5, 0.6) is 17.2 Å². The largest absolute Gasteiger partial charge is 0.497 e. The van der Waals surface area contributed by atoms with E-state index in [0.29, 0.717) is 55.7 Å². The Kier molecular flexibility index (Phi) is 9.12. The third-order valence-corrected chi connectivity index (χ3v) is 8.50. The molecule has 0 fully saturated rings. The normalized spacial score (nSPS) is 14.2. The number of thiazole rings is 1. The zero-order chi connectivity index (χ0) is 32.9. The van der Waals surface area contributed by atoms with Crippen LogP contribution in [0.3, 0.4) is 0 Å². The lowest BCUT2D eigenvalue weighted by Crippen LogP contribution is -2.40. The van der Waals surface area contributed by atoms with Crippen LogP contribution < -0.4 is 34.4 Å². The van der Waals surface area contributed by atoms with Gasteiger partial charge in [0.25, 0.3) is 11.5 Å². The number of nitrogens with zero attached hydrogens (tertiary/aromatic N) is 2. The molecule has 2 heterocycles. The van der Waals surface area contributed by atoms with Gasteiger partial charge in [-0.05, 0) is 91.7 Å². The molecule has 1 aromatic heterocycles. The van der Waals surface area contributed by atoms with Gasteiger partial charge in [-0.25, -0.2) is 9.79 Å². The lowest BCUT2D eigenvalue weighted by molar-refractivity contribution is -0.113. The van der Waals surface area contributed by atoms with Crippen LogP contribution in [0.15, 0.2) is 124 Å². The molecular weight excluding hydrogens is 614 g/mol. The highest BCUT2D eigenvalue weighted by Crippen LogP contribution is 2.32. The fourth-order valence-electron chi connectivity index (χ4n) is 5.24. The van der Waals surface area contributed by atoms with Gasteiger partial charge in [-0.1, -0.05) is 53.8 Å². The predicted molar refractivity (Wildman–Crippen MR) is 181 cm³/mol. The van der Waals surface area contributed by atoms with Crippen molar-refractivity contribution in [3.05, 3.63) is 151 Å². The summed E-state index contributed by atoms with van der Waals surface area (Å²) in [6, 6.07) is 29.4. The van der Waals surface area contributed by atoms with E-state index in [9.17, 15) is 14.4 Å². The van der Waals surface area contributed by atoms with Crippen molar-refractivity contribution >= 4 is 35.0 Å². The first-order valence-corrected chi connectivity index (χ1v) is 15.7. The van der Waals surface area contributed by atoms with E-state index in [1.54, 1.807) is 85.3 Å². The number of allylic oxidation sites excluding steroid dienone is 1. The van der Waals surface area contributed by atoms with Crippen molar-refractivity contribution in [1.82, 2.24) is 4.57 Å². The molecule has 0 unspecified atom stereocenters. The van der Waals surface area contributed by atoms with Gasteiger partial charge < -0.3 is 19.5 Å². The van der Waals surface area contributed by atoms with Crippen molar-refractivity contribution in [3.8, 4) is 17.2 Å².